The summed E-state index contributed by atoms with van der Waals surface area (Å²) in [5.41, 5.74) is 1.09. The van der Waals surface area contributed by atoms with Crippen molar-refractivity contribution >= 4 is 5.91 Å². The van der Waals surface area contributed by atoms with Crippen LogP contribution in [0.4, 0.5) is 0 Å². The molecule has 110 valence electrons. The Balaban J connectivity index is 2.10. The lowest BCUT2D eigenvalue weighted by molar-refractivity contribution is -0.129. The maximum Gasteiger partial charge on any atom is 0.241 e. The Kier molecular flexibility index (Phi) is 4.65. The molecule has 2 atom stereocenters. The summed E-state index contributed by atoms with van der Waals surface area (Å²) in [6.45, 7) is 6.94. The first-order valence-electron chi connectivity index (χ1n) is 7.30. The van der Waals surface area contributed by atoms with Crippen LogP contribution >= 0.6 is 0 Å². The van der Waals surface area contributed by atoms with Gasteiger partial charge in [0.15, 0.2) is 0 Å². The number of nitrogens with one attached hydrogen (secondary N) is 1. The third kappa shape index (κ3) is 2.96. The Bertz CT molecular complexity index is 456. The van der Waals surface area contributed by atoms with Gasteiger partial charge in [0.1, 0.15) is 11.9 Å². The fourth-order valence-corrected chi connectivity index (χ4v) is 2.46. The highest BCUT2D eigenvalue weighted by Crippen LogP contribution is 2.27. The predicted octanol–water partition coefficient (Wildman–Crippen LogP) is 2.56. The van der Waals surface area contributed by atoms with Crippen molar-refractivity contribution < 1.29 is 9.53 Å². The Morgan fingerprint density at radius 1 is 1.30 bits per heavy atom. The minimum atomic E-state index is -0.0963. The summed E-state index contributed by atoms with van der Waals surface area (Å²) in [7, 11) is 1.85. The van der Waals surface area contributed by atoms with Gasteiger partial charge >= 0.3 is 0 Å². The van der Waals surface area contributed by atoms with Gasteiger partial charge in [0.05, 0.1) is 12.6 Å². The third-order valence-electron chi connectivity index (χ3n) is 3.67. The van der Waals surface area contributed by atoms with E-state index in [1.54, 1.807) is 4.90 Å². The topological polar surface area (TPSA) is 41.6 Å². The molecule has 20 heavy (non-hydrogen) atoms. The zero-order valence-electron chi connectivity index (χ0n) is 12.7. The van der Waals surface area contributed by atoms with Crippen molar-refractivity contribution in [2.75, 3.05) is 13.7 Å². The van der Waals surface area contributed by atoms with Gasteiger partial charge in [-0.2, -0.15) is 0 Å². The zero-order chi connectivity index (χ0) is 14.7. The number of ether oxygens (including phenoxy) is 1. The van der Waals surface area contributed by atoms with Crippen molar-refractivity contribution in [2.45, 2.75) is 39.4 Å². The summed E-state index contributed by atoms with van der Waals surface area (Å²) >= 11 is 0. The Labute approximate surface area is 121 Å². The monoisotopic (exact) mass is 276 g/mol. The van der Waals surface area contributed by atoms with E-state index in [4.69, 9.17) is 4.74 Å². The van der Waals surface area contributed by atoms with Gasteiger partial charge in [-0.1, -0.05) is 32.9 Å². The van der Waals surface area contributed by atoms with E-state index in [1.807, 2.05) is 31.3 Å². The SMILES string of the molecule is CCCOc1ccc(C2NC(C(C)C)C(=O)N2C)cc1. The Morgan fingerprint density at radius 3 is 2.45 bits per heavy atom. The molecule has 0 radical (unpaired) electrons. The van der Waals surface area contributed by atoms with Crippen LogP contribution in [0.5, 0.6) is 5.75 Å². The van der Waals surface area contributed by atoms with Crippen LogP contribution in [-0.4, -0.2) is 30.5 Å². The highest BCUT2D eigenvalue weighted by atomic mass is 16.5. The highest BCUT2D eigenvalue weighted by Gasteiger charge is 2.38. The molecule has 0 saturated carbocycles. The van der Waals surface area contributed by atoms with Crippen LogP contribution in [0, 0.1) is 5.92 Å². The zero-order valence-corrected chi connectivity index (χ0v) is 12.7. The number of rotatable bonds is 5. The van der Waals surface area contributed by atoms with Crippen LogP contribution in [-0.2, 0) is 4.79 Å². The van der Waals surface area contributed by atoms with Crippen LogP contribution in [0.25, 0.3) is 0 Å². The Hall–Kier alpha value is -1.55. The molecule has 1 aliphatic rings. The average molecular weight is 276 g/mol. The second kappa shape index (κ2) is 6.27. The normalized spacial score (nSPS) is 22.6. The minimum absolute atomic E-state index is 0.0462. The first-order chi connectivity index (χ1) is 9.54. The van der Waals surface area contributed by atoms with Crippen LogP contribution < -0.4 is 10.1 Å². The molecule has 1 aromatic rings. The van der Waals surface area contributed by atoms with Crippen LogP contribution in [0.1, 0.15) is 38.9 Å². The van der Waals surface area contributed by atoms with Crippen LogP contribution in [0.2, 0.25) is 0 Å². The number of likely N-dealkylation sites (N-methyl/N-ethyl adjacent to an activating group) is 1. The third-order valence-corrected chi connectivity index (χ3v) is 3.67. The first-order valence-corrected chi connectivity index (χ1v) is 7.30. The van der Waals surface area contributed by atoms with Gasteiger partial charge in [0, 0.05) is 7.05 Å². The van der Waals surface area contributed by atoms with Crippen molar-refractivity contribution in [3.8, 4) is 5.75 Å². The van der Waals surface area contributed by atoms with Gasteiger partial charge in [-0.15, -0.1) is 0 Å². The molecule has 1 aliphatic heterocycles. The molecule has 4 heteroatoms. The highest BCUT2D eigenvalue weighted by molar-refractivity contribution is 5.84. The van der Waals surface area contributed by atoms with Crippen LogP contribution in [0.3, 0.4) is 0 Å². The van der Waals surface area contributed by atoms with Gasteiger partial charge < -0.3 is 9.64 Å². The van der Waals surface area contributed by atoms with E-state index in [0.29, 0.717) is 5.92 Å². The number of carbonyl (C=O) groups excluding carboxylic acids is 1. The van der Waals surface area contributed by atoms with Gasteiger partial charge in [-0.25, -0.2) is 0 Å². The van der Waals surface area contributed by atoms with E-state index < -0.39 is 0 Å². The van der Waals surface area contributed by atoms with E-state index in [9.17, 15) is 4.79 Å². The van der Waals surface area contributed by atoms with Crippen LogP contribution in [0.15, 0.2) is 24.3 Å². The first kappa shape index (κ1) is 14.9. The Morgan fingerprint density at radius 2 is 1.95 bits per heavy atom. The summed E-state index contributed by atoms with van der Waals surface area (Å²) in [6, 6.07) is 7.88. The van der Waals surface area contributed by atoms with E-state index in [1.165, 1.54) is 0 Å². The van der Waals surface area contributed by atoms with Gasteiger partial charge in [0.25, 0.3) is 0 Å². The van der Waals surface area contributed by atoms with E-state index in [-0.39, 0.29) is 18.1 Å². The molecule has 0 aromatic heterocycles. The molecule has 2 rings (SSSR count). The smallest absolute Gasteiger partial charge is 0.241 e. The molecule has 1 saturated heterocycles. The molecule has 2 unspecified atom stereocenters. The predicted molar refractivity (Wildman–Crippen MR) is 79.5 cm³/mol. The molecule has 0 aliphatic carbocycles. The molecule has 4 nitrogen and oxygen atoms in total. The lowest BCUT2D eigenvalue weighted by atomic mass is 10.1. The number of nitrogens with zero attached hydrogens (tertiary/aromatic N) is 1. The second-order valence-corrected chi connectivity index (χ2v) is 5.66. The molecule has 1 N–H and O–H groups in total. The van der Waals surface area contributed by atoms with E-state index >= 15 is 0 Å². The van der Waals surface area contributed by atoms with Gasteiger partial charge in [-0.05, 0) is 30.0 Å². The molecule has 1 amide bonds. The average Bonchev–Trinajstić information content (AvgIpc) is 2.74. The van der Waals surface area contributed by atoms with E-state index in [0.717, 1.165) is 24.3 Å². The maximum absolute atomic E-state index is 12.2. The fourth-order valence-electron chi connectivity index (χ4n) is 2.46. The lowest BCUT2D eigenvalue weighted by Gasteiger charge is -2.20. The molecule has 0 bridgehead atoms. The second-order valence-electron chi connectivity index (χ2n) is 5.66. The molecule has 1 aromatic carbocycles. The molecule has 1 heterocycles. The lowest BCUT2D eigenvalue weighted by Crippen LogP contribution is -2.33. The van der Waals surface area contributed by atoms with Crippen molar-refractivity contribution in [1.29, 1.82) is 0 Å². The quantitative estimate of drug-likeness (QED) is 0.898. The summed E-state index contributed by atoms with van der Waals surface area (Å²) in [6.07, 6.45) is 0.953. The maximum atomic E-state index is 12.2. The summed E-state index contributed by atoms with van der Waals surface area (Å²) in [4.78, 5) is 14.0. The van der Waals surface area contributed by atoms with Crippen molar-refractivity contribution in [3.05, 3.63) is 29.8 Å². The van der Waals surface area contributed by atoms with Gasteiger partial charge in [0.2, 0.25) is 5.91 Å². The number of hydrogen-bond acceptors (Lipinski definition) is 3. The minimum Gasteiger partial charge on any atom is -0.494 e. The summed E-state index contributed by atoms with van der Waals surface area (Å²) < 4.78 is 5.58. The molecular formula is C16H24N2O2. The van der Waals surface area contributed by atoms with Crippen molar-refractivity contribution in [1.82, 2.24) is 10.2 Å². The van der Waals surface area contributed by atoms with E-state index in [2.05, 4.69) is 26.1 Å². The summed E-state index contributed by atoms with van der Waals surface area (Å²) in [5, 5.41) is 3.40. The molecular weight excluding hydrogens is 252 g/mol. The largest absolute Gasteiger partial charge is 0.494 e. The van der Waals surface area contributed by atoms with Crippen molar-refractivity contribution in [3.63, 3.8) is 0 Å². The molecule has 0 spiro atoms. The fraction of sp³-hybridized carbons (Fsp3) is 0.562. The number of carbonyl (C=O) groups is 1. The van der Waals surface area contributed by atoms with Crippen molar-refractivity contribution in [2.24, 2.45) is 5.92 Å². The number of benzene rings is 1. The van der Waals surface area contributed by atoms with Gasteiger partial charge in [-0.3, -0.25) is 10.1 Å². The number of hydrogen-bond donors (Lipinski definition) is 1. The molecule has 1 fully saturated rings. The standard InChI is InChI=1S/C16H24N2O2/c1-5-10-20-13-8-6-12(7-9-13)15-17-14(11(2)3)16(19)18(15)4/h6-9,11,14-15,17H,5,10H2,1-4H3. The summed E-state index contributed by atoms with van der Waals surface area (Å²) in [5.74, 6) is 1.33. The number of amides is 1.